The number of hydrogen-bond acceptors (Lipinski definition) is 0. The molecule has 110 valence electrons. The van der Waals surface area contributed by atoms with Gasteiger partial charge in [-0.1, -0.05) is 62.4 Å². The lowest BCUT2D eigenvalue weighted by Gasteiger charge is -2.35. The molecule has 4 unspecified atom stereocenters. The zero-order chi connectivity index (χ0) is 14.9. The normalized spacial score (nSPS) is 33.7. The Labute approximate surface area is 131 Å². The number of fused-ring (bicyclic) bond motifs is 7. The SMILES string of the molecule is CC1(C)C2C=CC=CC2C2C=Cc3[nH]c4ccccc4c3C21. The van der Waals surface area contributed by atoms with Crippen LogP contribution < -0.4 is 0 Å². The van der Waals surface area contributed by atoms with Crippen molar-refractivity contribution in [3.05, 3.63) is 65.9 Å². The minimum absolute atomic E-state index is 0.279. The lowest BCUT2D eigenvalue weighted by molar-refractivity contribution is 0.257. The number of H-pyrrole nitrogens is 1. The van der Waals surface area contributed by atoms with Gasteiger partial charge >= 0.3 is 0 Å². The van der Waals surface area contributed by atoms with Crippen molar-refractivity contribution in [1.82, 2.24) is 4.98 Å². The molecule has 1 aromatic carbocycles. The molecule has 1 saturated carbocycles. The largest absolute Gasteiger partial charge is 0.355 e. The van der Waals surface area contributed by atoms with Crippen molar-refractivity contribution >= 4 is 17.0 Å². The highest BCUT2D eigenvalue weighted by Crippen LogP contribution is 2.63. The molecule has 1 aromatic heterocycles. The van der Waals surface area contributed by atoms with Gasteiger partial charge in [0, 0.05) is 16.6 Å². The van der Waals surface area contributed by atoms with Crippen LogP contribution in [0.2, 0.25) is 0 Å². The van der Waals surface area contributed by atoms with E-state index in [0.717, 1.165) is 0 Å². The summed E-state index contributed by atoms with van der Waals surface area (Å²) < 4.78 is 0. The molecule has 1 N–H and O–H groups in total. The van der Waals surface area contributed by atoms with Gasteiger partial charge in [0.05, 0.1) is 0 Å². The minimum Gasteiger partial charge on any atom is -0.355 e. The van der Waals surface area contributed by atoms with Crippen molar-refractivity contribution in [2.75, 3.05) is 0 Å². The first-order valence-electron chi connectivity index (χ1n) is 8.32. The molecular weight excluding hydrogens is 266 g/mol. The highest BCUT2D eigenvalue weighted by molar-refractivity contribution is 5.89. The van der Waals surface area contributed by atoms with Crippen molar-refractivity contribution in [3.8, 4) is 0 Å². The van der Waals surface area contributed by atoms with Gasteiger partial charge in [0.15, 0.2) is 0 Å². The third-order valence-corrected chi connectivity index (χ3v) is 6.24. The molecule has 1 fully saturated rings. The number of rotatable bonds is 0. The van der Waals surface area contributed by atoms with Crippen molar-refractivity contribution < 1.29 is 0 Å². The van der Waals surface area contributed by atoms with E-state index in [9.17, 15) is 0 Å². The van der Waals surface area contributed by atoms with Crippen LogP contribution in [0, 0.1) is 23.2 Å². The summed E-state index contributed by atoms with van der Waals surface area (Å²) in [4.78, 5) is 3.62. The van der Waals surface area contributed by atoms with Gasteiger partial charge in [0.25, 0.3) is 0 Å². The molecule has 4 atom stereocenters. The predicted octanol–water partition coefficient (Wildman–Crippen LogP) is 5.29. The van der Waals surface area contributed by atoms with E-state index < -0.39 is 0 Å². The van der Waals surface area contributed by atoms with Gasteiger partial charge < -0.3 is 4.98 Å². The molecule has 0 spiro atoms. The first-order chi connectivity index (χ1) is 10.7. The van der Waals surface area contributed by atoms with Gasteiger partial charge in [-0.05, 0) is 46.8 Å². The van der Waals surface area contributed by atoms with E-state index in [0.29, 0.717) is 23.7 Å². The zero-order valence-corrected chi connectivity index (χ0v) is 13.1. The lowest BCUT2D eigenvalue weighted by atomic mass is 9.69. The standard InChI is InChI=1S/C21H21N/c1-21(2)16-9-5-3-7-13(16)14-11-12-18-19(20(14)21)15-8-4-6-10-17(15)22-18/h3-14,16,20,22H,1-2H3. The van der Waals surface area contributed by atoms with Crippen molar-refractivity contribution in [2.24, 2.45) is 23.2 Å². The molecule has 0 aliphatic heterocycles. The summed E-state index contributed by atoms with van der Waals surface area (Å²) in [6.07, 6.45) is 14.1. The van der Waals surface area contributed by atoms with Gasteiger partial charge in [0.2, 0.25) is 0 Å². The van der Waals surface area contributed by atoms with Crippen LogP contribution in [0.3, 0.4) is 0 Å². The fraction of sp³-hybridized carbons (Fsp3) is 0.333. The van der Waals surface area contributed by atoms with E-state index in [4.69, 9.17) is 0 Å². The molecule has 0 bridgehead atoms. The second-order valence-corrected chi connectivity index (χ2v) is 7.61. The number of allylic oxidation sites excluding steroid dienone is 5. The number of hydrogen-bond donors (Lipinski definition) is 1. The van der Waals surface area contributed by atoms with Crippen LogP contribution >= 0.6 is 0 Å². The Morgan fingerprint density at radius 3 is 2.68 bits per heavy atom. The Bertz CT molecular complexity index is 846. The first kappa shape index (κ1) is 12.5. The molecule has 22 heavy (non-hydrogen) atoms. The number of aromatic nitrogens is 1. The summed E-state index contributed by atoms with van der Waals surface area (Å²) in [7, 11) is 0. The maximum atomic E-state index is 3.62. The smallest absolute Gasteiger partial charge is 0.0461 e. The van der Waals surface area contributed by atoms with Crippen LogP contribution in [0.1, 0.15) is 31.0 Å². The van der Waals surface area contributed by atoms with Gasteiger partial charge in [-0.25, -0.2) is 0 Å². The Hall–Kier alpha value is -2.02. The van der Waals surface area contributed by atoms with Gasteiger partial charge in [-0.3, -0.25) is 0 Å². The molecule has 0 saturated heterocycles. The van der Waals surface area contributed by atoms with Crippen molar-refractivity contribution in [2.45, 2.75) is 19.8 Å². The Morgan fingerprint density at radius 2 is 1.77 bits per heavy atom. The van der Waals surface area contributed by atoms with Crippen molar-refractivity contribution in [3.63, 3.8) is 0 Å². The third-order valence-electron chi connectivity index (χ3n) is 6.24. The Kier molecular flexibility index (Phi) is 2.30. The molecule has 2 aromatic rings. The summed E-state index contributed by atoms with van der Waals surface area (Å²) >= 11 is 0. The molecule has 0 radical (unpaired) electrons. The highest BCUT2D eigenvalue weighted by atomic mass is 14.7. The first-order valence-corrected chi connectivity index (χ1v) is 8.32. The summed E-state index contributed by atoms with van der Waals surface area (Å²) in [5, 5.41) is 1.41. The molecular formula is C21H21N. The summed E-state index contributed by atoms with van der Waals surface area (Å²) in [6, 6.07) is 8.77. The van der Waals surface area contributed by atoms with Crippen LogP contribution in [0.25, 0.3) is 17.0 Å². The van der Waals surface area contributed by atoms with E-state index in [1.807, 2.05) is 0 Å². The monoisotopic (exact) mass is 287 g/mol. The average Bonchev–Trinajstić information content (AvgIpc) is 3.02. The summed E-state index contributed by atoms with van der Waals surface area (Å²) in [6.45, 7) is 4.92. The quantitative estimate of drug-likeness (QED) is 0.677. The van der Waals surface area contributed by atoms with Gasteiger partial charge in [-0.2, -0.15) is 0 Å². The zero-order valence-electron chi connectivity index (χ0n) is 13.1. The molecule has 3 aliphatic rings. The number of nitrogens with one attached hydrogen (secondary N) is 1. The fourth-order valence-electron chi connectivity index (χ4n) is 5.32. The molecule has 1 heteroatoms. The molecule has 5 rings (SSSR count). The molecule has 1 nitrogen and oxygen atoms in total. The highest BCUT2D eigenvalue weighted by Gasteiger charge is 2.55. The summed E-state index contributed by atoms with van der Waals surface area (Å²) in [5.41, 5.74) is 4.42. The molecule has 1 heterocycles. The van der Waals surface area contributed by atoms with Crippen LogP contribution in [-0.4, -0.2) is 4.98 Å². The topological polar surface area (TPSA) is 15.8 Å². The predicted molar refractivity (Wildman–Crippen MR) is 92.6 cm³/mol. The number of benzene rings is 1. The van der Waals surface area contributed by atoms with E-state index in [1.54, 1.807) is 5.56 Å². The van der Waals surface area contributed by atoms with Crippen molar-refractivity contribution in [1.29, 1.82) is 0 Å². The fourth-order valence-corrected chi connectivity index (χ4v) is 5.32. The lowest BCUT2D eigenvalue weighted by Crippen LogP contribution is -2.26. The van der Waals surface area contributed by atoms with E-state index in [-0.39, 0.29) is 5.41 Å². The van der Waals surface area contributed by atoms with Crippen LogP contribution in [0.4, 0.5) is 0 Å². The maximum Gasteiger partial charge on any atom is 0.0461 e. The molecule has 3 aliphatic carbocycles. The minimum atomic E-state index is 0.279. The maximum absolute atomic E-state index is 3.62. The number of aromatic amines is 1. The number of para-hydroxylation sites is 1. The second-order valence-electron chi connectivity index (χ2n) is 7.61. The summed E-state index contributed by atoms with van der Waals surface area (Å²) in [5.74, 6) is 2.48. The second kappa shape index (κ2) is 4.04. The van der Waals surface area contributed by atoms with Crippen LogP contribution in [0.5, 0.6) is 0 Å². The average molecular weight is 287 g/mol. The van der Waals surface area contributed by atoms with Gasteiger partial charge in [-0.15, -0.1) is 0 Å². The van der Waals surface area contributed by atoms with E-state index in [2.05, 4.69) is 79.6 Å². The van der Waals surface area contributed by atoms with Crippen LogP contribution in [0.15, 0.2) is 54.6 Å². The Morgan fingerprint density at radius 1 is 0.955 bits per heavy atom. The van der Waals surface area contributed by atoms with E-state index >= 15 is 0 Å². The molecule has 0 amide bonds. The van der Waals surface area contributed by atoms with Crippen LogP contribution in [-0.2, 0) is 0 Å². The van der Waals surface area contributed by atoms with Gasteiger partial charge in [0.1, 0.15) is 0 Å². The van der Waals surface area contributed by atoms with E-state index in [1.165, 1.54) is 16.6 Å². The third kappa shape index (κ3) is 1.39. The Balaban J connectivity index is 1.79.